The van der Waals surface area contributed by atoms with Crippen molar-refractivity contribution in [3.63, 3.8) is 0 Å². The molecule has 0 atom stereocenters. The Kier molecular flexibility index (Phi) is 3.86. The Bertz CT molecular complexity index is 666. The van der Waals surface area contributed by atoms with Crippen LogP contribution >= 0.6 is 0 Å². The average molecular weight is 284 g/mol. The number of nitrogens with two attached hydrogens (primary N) is 1. The molecule has 0 radical (unpaired) electrons. The topological polar surface area (TPSA) is 114 Å². The summed E-state index contributed by atoms with van der Waals surface area (Å²) in [7, 11) is -3.49. The molecule has 0 amide bonds. The summed E-state index contributed by atoms with van der Waals surface area (Å²) in [5, 5.41) is 11.0. The van der Waals surface area contributed by atoms with Gasteiger partial charge < -0.3 is 15.0 Å². The SMILES string of the molecule is CCNc1cn2ccnc2c(NCCS(N)(=O)=O)n1. The Hall–Kier alpha value is -1.87. The molecule has 4 N–H and O–H groups in total. The van der Waals surface area contributed by atoms with E-state index in [1.54, 1.807) is 12.4 Å². The van der Waals surface area contributed by atoms with Crippen molar-refractivity contribution in [3.05, 3.63) is 18.6 Å². The number of primary sulfonamides is 1. The molecule has 2 aromatic heterocycles. The first-order chi connectivity index (χ1) is 8.99. The lowest BCUT2D eigenvalue weighted by Gasteiger charge is -2.09. The van der Waals surface area contributed by atoms with Gasteiger partial charge in [-0.15, -0.1) is 0 Å². The Balaban J connectivity index is 2.22. The second-order valence-corrected chi connectivity index (χ2v) is 5.69. The molecule has 0 aromatic carbocycles. The van der Waals surface area contributed by atoms with E-state index < -0.39 is 10.0 Å². The summed E-state index contributed by atoms with van der Waals surface area (Å²) in [6.07, 6.45) is 5.26. The second-order valence-electron chi connectivity index (χ2n) is 3.96. The highest BCUT2D eigenvalue weighted by atomic mass is 32.2. The molecule has 104 valence electrons. The van der Waals surface area contributed by atoms with Gasteiger partial charge in [-0.1, -0.05) is 0 Å². The molecule has 2 heterocycles. The number of aromatic nitrogens is 3. The van der Waals surface area contributed by atoms with Crippen molar-refractivity contribution in [2.24, 2.45) is 5.14 Å². The summed E-state index contributed by atoms with van der Waals surface area (Å²) in [6.45, 7) is 2.89. The fraction of sp³-hybridized carbons (Fsp3) is 0.400. The molecule has 0 fully saturated rings. The standard InChI is InChI=1S/C10H16N6O2S/c1-2-12-8-7-16-5-3-14-10(16)9(15-8)13-4-6-19(11,17)18/h3,5,7,12H,2,4,6H2,1H3,(H,13,15)(H2,11,17,18). The molecule has 0 aliphatic heterocycles. The lowest BCUT2D eigenvalue weighted by molar-refractivity contribution is 0.598. The van der Waals surface area contributed by atoms with Gasteiger partial charge in [-0.3, -0.25) is 0 Å². The Morgan fingerprint density at radius 3 is 2.89 bits per heavy atom. The van der Waals surface area contributed by atoms with Crippen LogP contribution in [0.3, 0.4) is 0 Å². The first kappa shape index (κ1) is 13.6. The normalized spacial score (nSPS) is 11.7. The van der Waals surface area contributed by atoms with E-state index in [2.05, 4.69) is 20.6 Å². The van der Waals surface area contributed by atoms with Gasteiger partial charge in [-0.05, 0) is 6.92 Å². The van der Waals surface area contributed by atoms with Gasteiger partial charge in [0.15, 0.2) is 11.5 Å². The van der Waals surface area contributed by atoms with Crippen molar-refractivity contribution >= 4 is 27.3 Å². The third-order valence-corrected chi connectivity index (χ3v) is 3.18. The molecule has 0 saturated carbocycles. The lowest BCUT2D eigenvalue weighted by atomic mass is 10.5. The van der Waals surface area contributed by atoms with Crippen LogP contribution in [-0.2, 0) is 10.0 Å². The van der Waals surface area contributed by atoms with Gasteiger partial charge in [0, 0.05) is 25.5 Å². The largest absolute Gasteiger partial charge is 0.369 e. The minimum Gasteiger partial charge on any atom is -0.369 e. The van der Waals surface area contributed by atoms with Crippen LogP contribution < -0.4 is 15.8 Å². The fourth-order valence-corrected chi connectivity index (χ4v) is 2.01. The Morgan fingerprint density at radius 1 is 1.42 bits per heavy atom. The molecule has 0 spiro atoms. The molecule has 2 rings (SSSR count). The number of hydrogen-bond acceptors (Lipinski definition) is 6. The average Bonchev–Trinajstić information content (AvgIpc) is 2.76. The minimum absolute atomic E-state index is 0.160. The molecule has 0 aliphatic carbocycles. The molecule has 0 bridgehead atoms. The number of hydrogen-bond donors (Lipinski definition) is 3. The quantitative estimate of drug-likeness (QED) is 0.680. The number of sulfonamides is 1. The summed E-state index contributed by atoms with van der Waals surface area (Å²) >= 11 is 0. The first-order valence-corrected chi connectivity index (χ1v) is 7.53. The van der Waals surface area contributed by atoms with Gasteiger partial charge in [0.2, 0.25) is 10.0 Å². The van der Waals surface area contributed by atoms with Crippen molar-refractivity contribution in [3.8, 4) is 0 Å². The fourth-order valence-electron chi connectivity index (χ4n) is 1.63. The van der Waals surface area contributed by atoms with Crippen molar-refractivity contribution in [2.75, 3.05) is 29.5 Å². The van der Waals surface area contributed by atoms with E-state index in [1.807, 2.05) is 17.5 Å². The van der Waals surface area contributed by atoms with E-state index in [9.17, 15) is 8.42 Å². The summed E-state index contributed by atoms with van der Waals surface area (Å²) in [6, 6.07) is 0. The van der Waals surface area contributed by atoms with Crippen LogP contribution in [0.2, 0.25) is 0 Å². The van der Waals surface area contributed by atoms with Crippen LogP contribution in [0.25, 0.3) is 5.65 Å². The van der Waals surface area contributed by atoms with Crippen LogP contribution in [0.15, 0.2) is 18.6 Å². The smallest absolute Gasteiger partial charge is 0.210 e. The van der Waals surface area contributed by atoms with E-state index in [4.69, 9.17) is 5.14 Å². The van der Waals surface area contributed by atoms with Crippen molar-refractivity contribution < 1.29 is 8.42 Å². The highest BCUT2D eigenvalue weighted by Gasteiger charge is 2.08. The zero-order chi connectivity index (χ0) is 13.9. The molecule has 0 aliphatic rings. The van der Waals surface area contributed by atoms with Gasteiger partial charge in [0.05, 0.1) is 11.9 Å². The maximum atomic E-state index is 10.9. The zero-order valence-electron chi connectivity index (χ0n) is 10.5. The first-order valence-electron chi connectivity index (χ1n) is 5.81. The molecule has 0 unspecified atom stereocenters. The molecule has 19 heavy (non-hydrogen) atoms. The van der Waals surface area contributed by atoms with Crippen LogP contribution in [0.1, 0.15) is 6.92 Å². The number of fused-ring (bicyclic) bond motifs is 1. The van der Waals surface area contributed by atoms with Gasteiger partial charge in [0.25, 0.3) is 0 Å². The number of imidazole rings is 1. The van der Waals surface area contributed by atoms with Gasteiger partial charge in [0.1, 0.15) is 5.82 Å². The Labute approximate surface area is 111 Å². The summed E-state index contributed by atoms with van der Waals surface area (Å²) in [5.41, 5.74) is 0.635. The molecule has 2 aromatic rings. The van der Waals surface area contributed by atoms with Crippen LogP contribution in [0.4, 0.5) is 11.6 Å². The predicted molar refractivity (Wildman–Crippen MR) is 73.6 cm³/mol. The van der Waals surface area contributed by atoms with E-state index in [1.165, 1.54) is 0 Å². The predicted octanol–water partition coefficient (Wildman–Crippen LogP) is -0.138. The van der Waals surface area contributed by atoms with E-state index in [-0.39, 0.29) is 12.3 Å². The molecule has 9 heteroatoms. The molecular formula is C10H16N6O2S. The Morgan fingerprint density at radius 2 is 2.21 bits per heavy atom. The number of nitrogens with zero attached hydrogens (tertiary/aromatic N) is 3. The summed E-state index contributed by atoms with van der Waals surface area (Å²) in [4.78, 5) is 8.51. The number of anilines is 2. The monoisotopic (exact) mass is 284 g/mol. The molecular weight excluding hydrogens is 268 g/mol. The molecule has 8 nitrogen and oxygen atoms in total. The highest BCUT2D eigenvalue weighted by molar-refractivity contribution is 7.89. The zero-order valence-corrected chi connectivity index (χ0v) is 11.3. The van der Waals surface area contributed by atoms with Crippen LogP contribution in [0, 0.1) is 0 Å². The summed E-state index contributed by atoms with van der Waals surface area (Å²) < 4.78 is 23.6. The highest BCUT2D eigenvalue weighted by Crippen LogP contribution is 2.15. The van der Waals surface area contributed by atoms with Crippen LogP contribution in [-0.4, -0.2) is 41.6 Å². The third kappa shape index (κ3) is 3.55. The van der Waals surface area contributed by atoms with E-state index in [0.717, 1.165) is 6.54 Å². The van der Waals surface area contributed by atoms with Gasteiger partial charge in [-0.25, -0.2) is 23.5 Å². The number of rotatable bonds is 6. The molecule has 0 saturated heterocycles. The van der Waals surface area contributed by atoms with Gasteiger partial charge >= 0.3 is 0 Å². The van der Waals surface area contributed by atoms with Gasteiger partial charge in [-0.2, -0.15) is 0 Å². The summed E-state index contributed by atoms with van der Waals surface area (Å²) in [5.74, 6) is 1.05. The number of nitrogens with one attached hydrogen (secondary N) is 2. The maximum Gasteiger partial charge on any atom is 0.210 e. The van der Waals surface area contributed by atoms with E-state index >= 15 is 0 Å². The third-order valence-electron chi connectivity index (χ3n) is 2.41. The minimum atomic E-state index is -3.49. The van der Waals surface area contributed by atoms with Crippen molar-refractivity contribution in [1.82, 2.24) is 14.4 Å². The van der Waals surface area contributed by atoms with Crippen molar-refractivity contribution in [2.45, 2.75) is 6.92 Å². The van der Waals surface area contributed by atoms with E-state index in [0.29, 0.717) is 17.3 Å². The lowest BCUT2D eigenvalue weighted by Crippen LogP contribution is -2.23. The second kappa shape index (κ2) is 5.41. The van der Waals surface area contributed by atoms with Crippen LogP contribution in [0.5, 0.6) is 0 Å². The van der Waals surface area contributed by atoms with Crippen molar-refractivity contribution in [1.29, 1.82) is 0 Å². The maximum absolute atomic E-state index is 10.9.